The summed E-state index contributed by atoms with van der Waals surface area (Å²) in [6.45, 7) is 13.3. The second-order valence-electron chi connectivity index (χ2n) is 5.54. The van der Waals surface area contributed by atoms with Gasteiger partial charge in [0.1, 0.15) is 11.5 Å². The fourth-order valence-corrected chi connectivity index (χ4v) is 2.38. The molecular weight excluding hydrogens is 172 g/mol. The Bertz CT molecular complexity index is 288. The highest BCUT2D eigenvalue weighted by Gasteiger charge is 2.31. The van der Waals surface area contributed by atoms with E-state index in [-0.39, 0.29) is 5.41 Å². The third-order valence-electron chi connectivity index (χ3n) is 2.67. The van der Waals surface area contributed by atoms with E-state index >= 15 is 0 Å². The van der Waals surface area contributed by atoms with Gasteiger partial charge in [-0.25, -0.2) is 0 Å². The number of hydrogen-bond acceptors (Lipinski definition) is 1. The molecule has 1 aromatic rings. The Kier molecular flexibility index (Phi) is 3.08. The lowest BCUT2D eigenvalue weighted by molar-refractivity contribution is 0.222. The molecule has 80 valence electrons. The average Bonchev–Trinajstić information content (AvgIpc) is 2.31. The molecule has 0 bridgehead atoms. The highest BCUT2D eigenvalue weighted by atomic mass is 16.3. The molecular formula is C13H22O. The molecule has 14 heavy (non-hydrogen) atoms. The van der Waals surface area contributed by atoms with Crippen molar-refractivity contribution in [1.82, 2.24) is 0 Å². The van der Waals surface area contributed by atoms with E-state index < -0.39 is 0 Å². The van der Waals surface area contributed by atoms with Gasteiger partial charge < -0.3 is 4.42 Å². The monoisotopic (exact) mass is 194 g/mol. The van der Waals surface area contributed by atoms with Gasteiger partial charge in [-0.1, -0.05) is 34.6 Å². The van der Waals surface area contributed by atoms with Gasteiger partial charge in [-0.3, -0.25) is 0 Å². The highest BCUT2D eigenvalue weighted by molar-refractivity contribution is 5.13. The van der Waals surface area contributed by atoms with Gasteiger partial charge in [0.2, 0.25) is 0 Å². The molecule has 1 atom stereocenters. The fraction of sp³-hybridized carbons (Fsp3) is 0.692. The van der Waals surface area contributed by atoms with Crippen LogP contribution < -0.4 is 0 Å². The summed E-state index contributed by atoms with van der Waals surface area (Å²) in [6.07, 6.45) is 0. The molecule has 0 saturated carbocycles. The van der Waals surface area contributed by atoms with Crippen LogP contribution in [0.5, 0.6) is 0 Å². The maximum absolute atomic E-state index is 5.73. The minimum absolute atomic E-state index is 0.262. The maximum atomic E-state index is 5.73. The zero-order valence-electron chi connectivity index (χ0n) is 10.2. The van der Waals surface area contributed by atoms with E-state index in [0.29, 0.717) is 11.8 Å². The van der Waals surface area contributed by atoms with Crippen LogP contribution in [0.2, 0.25) is 0 Å². The van der Waals surface area contributed by atoms with Gasteiger partial charge in [-0.2, -0.15) is 0 Å². The SMILES string of the molecule is Cc1ccc(C(C(C)C)C(C)(C)C)o1. The van der Waals surface area contributed by atoms with Gasteiger partial charge in [-0.15, -0.1) is 0 Å². The lowest BCUT2D eigenvalue weighted by Gasteiger charge is -2.32. The molecule has 1 heterocycles. The molecule has 0 saturated heterocycles. The molecule has 0 amide bonds. The molecule has 0 aromatic carbocycles. The fourth-order valence-electron chi connectivity index (χ4n) is 2.38. The van der Waals surface area contributed by atoms with E-state index in [1.807, 2.05) is 6.92 Å². The third-order valence-corrected chi connectivity index (χ3v) is 2.67. The van der Waals surface area contributed by atoms with E-state index in [4.69, 9.17) is 4.42 Å². The largest absolute Gasteiger partial charge is 0.466 e. The van der Waals surface area contributed by atoms with E-state index in [0.717, 1.165) is 11.5 Å². The second-order valence-corrected chi connectivity index (χ2v) is 5.54. The summed E-state index contributed by atoms with van der Waals surface area (Å²) in [5.41, 5.74) is 0.262. The van der Waals surface area contributed by atoms with Crippen LogP contribution in [0.1, 0.15) is 52.1 Å². The molecule has 0 radical (unpaired) electrons. The van der Waals surface area contributed by atoms with Crippen molar-refractivity contribution in [2.75, 3.05) is 0 Å². The van der Waals surface area contributed by atoms with Crippen LogP contribution >= 0.6 is 0 Å². The lowest BCUT2D eigenvalue weighted by atomic mass is 9.73. The van der Waals surface area contributed by atoms with Gasteiger partial charge in [0, 0.05) is 5.92 Å². The first kappa shape index (κ1) is 11.4. The van der Waals surface area contributed by atoms with Crippen molar-refractivity contribution in [3.63, 3.8) is 0 Å². The molecule has 0 spiro atoms. The van der Waals surface area contributed by atoms with Crippen molar-refractivity contribution in [3.8, 4) is 0 Å². The molecule has 1 heteroatoms. The Hall–Kier alpha value is -0.720. The molecule has 1 unspecified atom stereocenters. The van der Waals surface area contributed by atoms with Crippen LogP contribution in [0.15, 0.2) is 16.5 Å². The Labute approximate surface area is 87.5 Å². The van der Waals surface area contributed by atoms with E-state index in [2.05, 4.69) is 46.8 Å². The summed E-state index contributed by atoms with van der Waals surface area (Å²) >= 11 is 0. The molecule has 1 nitrogen and oxygen atoms in total. The van der Waals surface area contributed by atoms with Crippen molar-refractivity contribution < 1.29 is 4.42 Å². The summed E-state index contributed by atoms with van der Waals surface area (Å²) < 4.78 is 5.73. The minimum atomic E-state index is 0.262. The Morgan fingerprint density at radius 1 is 1.14 bits per heavy atom. The molecule has 0 N–H and O–H groups in total. The van der Waals surface area contributed by atoms with Crippen LogP contribution in [0.25, 0.3) is 0 Å². The first-order valence-electron chi connectivity index (χ1n) is 5.38. The summed E-state index contributed by atoms with van der Waals surface area (Å²) in [6, 6.07) is 4.17. The number of aryl methyl sites for hydroxylation is 1. The second kappa shape index (κ2) is 3.80. The lowest BCUT2D eigenvalue weighted by Crippen LogP contribution is -2.22. The van der Waals surface area contributed by atoms with Crippen molar-refractivity contribution in [2.45, 2.75) is 47.5 Å². The van der Waals surface area contributed by atoms with Gasteiger partial charge in [-0.05, 0) is 30.4 Å². The topological polar surface area (TPSA) is 13.1 Å². The van der Waals surface area contributed by atoms with Crippen molar-refractivity contribution in [1.29, 1.82) is 0 Å². The van der Waals surface area contributed by atoms with Crippen LogP contribution in [-0.4, -0.2) is 0 Å². The number of hydrogen-bond donors (Lipinski definition) is 0. The predicted octanol–water partition coefficient (Wildman–Crippen LogP) is 4.37. The average molecular weight is 194 g/mol. The van der Waals surface area contributed by atoms with Gasteiger partial charge in [0.15, 0.2) is 0 Å². The van der Waals surface area contributed by atoms with Crippen molar-refractivity contribution in [3.05, 3.63) is 23.7 Å². The van der Waals surface area contributed by atoms with Crippen molar-refractivity contribution in [2.24, 2.45) is 11.3 Å². The third kappa shape index (κ3) is 2.40. The molecule has 0 aliphatic carbocycles. The zero-order chi connectivity index (χ0) is 10.9. The molecule has 0 fully saturated rings. The predicted molar refractivity (Wildman–Crippen MR) is 60.5 cm³/mol. The normalized spacial score (nSPS) is 14.8. The van der Waals surface area contributed by atoms with Crippen LogP contribution in [0.3, 0.4) is 0 Å². The maximum Gasteiger partial charge on any atom is 0.108 e. The molecule has 0 aliphatic rings. The van der Waals surface area contributed by atoms with Gasteiger partial charge >= 0.3 is 0 Å². The quantitative estimate of drug-likeness (QED) is 0.681. The van der Waals surface area contributed by atoms with Crippen LogP contribution in [0, 0.1) is 18.3 Å². The molecule has 1 rings (SSSR count). The number of furan rings is 1. The Balaban J connectivity index is 3.01. The molecule has 0 aliphatic heterocycles. The van der Waals surface area contributed by atoms with Crippen molar-refractivity contribution >= 4 is 0 Å². The van der Waals surface area contributed by atoms with Gasteiger partial charge in [0.25, 0.3) is 0 Å². The van der Waals surface area contributed by atoms with E-state index in [9.17, 15) is 0 Å². The van der Waals surface area contributed by atoms with E-state index in [1.54, 1.807) is 0 Å². The first-order valence-corrected chi connectivity index (χ1v) is 5.38. The smallest absolute Gasteiger partial charge is 0.108 e. The number of rotatable bonds is 2. The minimum Gasteiger partial charge on any atom is -0.466 e. The zero-order valence-corrected chi connectivity index (χ0v) is 10.2. The summed E-state index contributed by atoms with van der Waals surface area (Å²) in [4.78, 5) is 0. The summed E-state index contributed by atoms with van der Waals surface area (Å²) in [5, 5.41) is 0. The Morgan fingerprint density at radius 2 is 1.71 bits per heavy atom. The highest BCUT2D eigenvalue weighted by Crippen LogP contribution is 2.41. The summed E-state index contributed by atoms with van der Waals surface area (Å²) in [5.74, 6) is 3.25. The molecule has 1 aromatic heterocycles. The van der Waals surface area contributed by atoms with Gasteiger partial charge in [0.05, 0.1) is 0 Å². The Morgan fingerprint density at radius 3 is 2.00 bits per heavy atom. The van der Waals surface area contributed by atoms with Crippen LogP contribution in [-0.2, 0) is 0 Å². The summed E-state index contributed by atoms with van der Waals surface area (Å²) in [7, 11) is 0. The standard InChI is InChI=1S/C13H22O/c1-9(2)12(13(4,5)6)11-8-7-10(3)14-11/h7-9,12H,1-6H3. The van der Waals surface area contributed by atoms with Crippen LogP contribution in [0.4, 0.5) is 0 Å². The van der Waals surface area contributed by atoms with E-state index in [1.165, 1.54) is 0 Å². The first-order chi connectivity index (χ1) is 6.32.